The number of nitrogens with zero attached hydrogens (tertiary/aromatic N) is 2. The Bertz CT molecular complexity index is 597. The summed E-state index contributed by atoms with van der Waals surface area (Å²) in [5.41, 5.74) is 0.516. The second-order valence-electron chi connectivity index (χ2n) is 4.22. The van der Waals surface area contributed by atoms with Crippen LogP contribution >= 0.6 is 0 Å². The van der Waals surface area contributed by atoms with Gasteiger partial charge in [0.05, 0.1) is 6.61 Å². The minimum Gasteiger partial charge on any atom is -0.465 e. The molecule has 0 aliphatic rings. The van der Waals surface area contributed by atoms with E-state index in [1.54, 1.807) is 6.92 Å². The third-order valence-corrected chi connectivity index (χ3v) is 2.73. The molecule has 0 fully saturated rings. The summed E-state index contributed by atoms with van der Waals surface area (Å²) in [6.07, 6.45) is 0. The van der Waals surface area contributed by atoms with Crippen molar-refractivity contribution in [2.75, 3.05) is 13.7 Å². The first kappa shape index (κ1) is 15.1. The average molecular weight is 294 g/mol. The molecule has 112 valence electrons. The van der Waals surface area contributed by atoms with Crippen LogP contribution in [0.4, 0.5) is 4.39 Å². The lowest BCUT2D eigenvalue weighted by atomic mass is 9.99. The molecule has 0 N–H and O–H groups in total. The van der Waals surface area contributed by atoms with Gasteiger partial charge in [0.25, 0.3) is 0 Å². The monoisotopic (exact) mass is 294 g/mol. The van der Waals surface area contributed by atoms with Gasteiger partial charge >= 0.3 is 5.97 Å². The fourth-order valence-electron chi connectivity index (χ4n) is 1.83. The molecule has 0 aliphatic carbocycles. The summed E-state index contributed by atoms with van der Waals surface area (Å²) in [4.78, 5) is 16.2. The van der Waals surface area contributed by atoms with Gasteiger partial charge in [-0.25, -0.2) is 4.39 Å². The van der Waals surface area contributed by atoms with Gasteiger partial charge in [-0.05, 0) is 24.6 Å². The molecule has 0 saturated heterocycles. The van der Waals surface area contributed by atoms with Crippen LogP contribution in [-0.4, -0.2) is 29.8 Å². The van der Waals surface area contributed by atoms with Crippen LogP contribution in [0.15, 0.2) is 28.8 Å². The number of halogens is 1. The lowest BCUT2D eigenvalue weighted by Crippen LogP contribution is -2.17. The summed E-state index contributed by atoms with van der Waals surface area (Å²) in [6, 6.07) is 5.48. The van der Waals surface area contributed by atoms with Crippen LogP contribution in [-0.2, 0) is 20.9 Å². The lowest BCUT2D eigenvalue weighted by molar-refractivity contribution is -0.144. The highest BCUT2D eigenvalue weighted by molar-refractivity contribution is 5.80. The summed E-state index contributed by atoms with van der Waals surface area (Å²) in [5.74, 6) is -1.40. The molecule has 2 aromatic rings. The number of benzene rings is 1. The molecule has 6 nitrogen and oxygen atoms in total. The molecule has 0 aliphatic heterocycles. The fourth-order valence-corrected chi connectivity index (χ4v) is 1.83. The highest BCUT2D eigenvalue weighted by Crippen LogP contribution is 2.25. The number of hydrogen-bond acceptors (Lipinski definition) is 6. The van der Waals surface area contributed by atoms with Crippen LogP contribution in [0.2, 0.25) is 0 Å². The molecule has 2 rings (SSSR count). The Labute approximate surface area is 120 Å². The smallest absolute Gasteiger partial charge is 0.323 e. The van der Waals surface area contributed by atoms with Crippen LogP contribution in [0, 0.1) is 5.82 Å². The largest absolute Gasteiger partial charge is 0.465 e. The predicted molar refractivity (Wildman–Crippen MR) is 69.9 cm³/mol. The molecule has 0 saturated carbocycles. The molecular weight excluding hydrogens is 279 g/mol. The van der Waals surface area contributed by atoms with E-state index in [-0.39, 0.29) is 19.1 Å². The maximum atomic E-state index is 13.0. The van der Waals surface area contributed by atoms with Gasteiger partial charge < -0.3 is 14.0 Å². The van der Waals surface area contributed by atoms with Gasteiger partial charge in [0.1, 0.15) is 12.4 Å². The molecule has 1 unspecified atom stereocenters. The van der Waals surface area contributed by atoms with E-state index in [9.17, 15) is 9.18 Å². The maximum absolute atomic E-state index is 13.0. The van der Waals surface area contributed by atoms with E-state index < -0.39 is 17.7 Å². The maximum Gasteiger partial charge on any atom is 0.323 e. The van der Waals surface area contributed by atoms with Crippen LogP contribution in [0.1, 0.15) is 30.1 Å². The van der Waals surface area contributed by atoms with Gasteiger partial charge in [0.15, 0.2) is 11.7 Å². The standard InChI is InChI=1S/C14H15FN2O4/c1-3-20-14(18)12(9-4-6-10(15)7-5-9)13-16-11(8-19-2)17-21-13/h4-7,12H,3,8H2,1-2H3. The molecule has 1 aromatic heterocycles. The highest BCUT2D eigenvalue weighted by atomic mass is 19.1. The normalized spacial score (nSPS) is 12.1. The molecule has 21 heavy (non-hydrogen) atoms. The molecule has 0 radical (unpaired) electrons. The second kappa shape index (κ2) is 6.94. The Morgan fingerprint density at radius 1 is 1.38 bits per heavy atom. The van der Waals surface area contributed by atoms with E-state index >= 15 is 0 Å². The average Bonchev–Trinajstić information content (AvgIpc) is 2.90. The summed E-state index contributed by atoms with van der Waals surface area (Å²) in [6.45, 7) is 2.09. The molecule has 1 aromatic carbocycles. The van der Waals surface area contributed by atoms with Crippen molar-refractivity contribution in [1.29, 1.82) is 0 Å². The van der Waals surface area contributed by atoms with Crippen LogP contribution < -0.4 is 0 Å². The van der Waals surface area contributed by atoms with Crippen molar-refractivity contribution in [3.63, 3.8) is 0 Å². The molecule has 7 heteroatoms. The summed E-state index contributed by atoms with van der Waals surface area (Å²) in [5, 5.41) is 3.72. The Morgan fingerprint density at radius 2 is 2.10 bits per heavy atom. The van der Waals surface area contributed by atoms with Crippen molar-refractivity contribution in [3.05, 3.63) is 47.4 Å². The first-order valence-electron chi connectivity index (χ1n) is 6.39. The number of carbonyl (C=O) groups excluding carboxylic acids is 1. The quantitative estimate of drug-likeness (QED) is 0.759. The van der Waals surface area contributed by atoms with Gasteiger partial charge in [0, 0.05) is 7.11 Å². The number of carbonyl (C=O) groups is 1. The van der Waals surface area contributed by atoms with Crippen LogP contribution in [0.5, 0.6) is 0 Å². The minimum absolute atomic E-state index is 0.0899. The zero-order chi connectivity index (χ0) is 15.2. The Kier molecular flexibility index (Phi) is 4.99. The van der Waals surface area contributed by atoms with E-state index in [2.05, 4.69) is 10.1 Å². The second-order valence-corrected chi connectivity index (χ2v) is 4.22. The summed E-state index contributed by atoms with van der Waals surface area (Å²) < 4.78 is 28.0. The van der Waals surface area contributed by atoms with E-state index in [1.165, 1.54) is 31.4 Å². The van der Waals surface area contributed by atoms with Crippen molar-refractivity contribution in [2.24, 2.45) is 0 Å². The molecule has 0 bridgehead atoms. The van der Waals surface area contributed by atoms with Crippen LogP contribution in [0.3, 0.4) is 0 Å². The number of aromatic nitrogens is 2. The van der Waals surface area contributed by atoms with Gasteiger partial charge in [-0.1, -0.05) is 17.3 Å². The van der Waals surface area contributed by atoms with Gasteiger partial charge in [-0.2, -0.15) is 4.98 Å². The van der Waals surface area contributed by atoms with Crippen LogP contribution in [0.25, 0.3) is 0 Å². The van der Waals surface area contributed by atoms with Crippen molar-refractivity contribution in [3.8, 4) is 0 Å². The number of rotatable bonds is 6. The summed E-state index contributed by atoms with van der Waals surface area (Å²) >= 11 is 0. The van der Waals surface area contributed by atoms with E-state index in [4.69, 9.17) is 14.0 Å². The zero-order valence-corrected chi connectivity index (χ0v) is 11.7. The predicted octanol–water partition coefficient (Wildman–Crippen LogP) is 2.05. The van der Waals surface area contributed by atoms with Gasteiger partial charge in [-0.3, -0.25) is 4.79 Å². The van der Waals surface area contributed by atoms with E-state index in [1.807, 2.05) is 0 Å². The van der Waals surface area contributed by atoms with Crippen molar-refractivity contribution in [2.45, 2.75) is 19.4 Å². The fraction of sp³-hybridized carbons (Fsp3) is 0.357. The van der Waals surface area contributed by atoms with Gasteiger partial charge in [0.2, 0.25) is 5.89 Å². The number of methoxy groups -OCH3 is 1. The highest BCUT2D eigenvalue weighted by Gasteiger charge is 2.30. The molecular formula is C14H15FN2O4. The first-order chi connectivity index (χ1) is 10.2. The zero-order valence-electron chi connectivity index (χ0n) is 11.7. The Hall–Kier alpha value is -2.28. The van der Waals surface area contributed by atoms with E-state index in [0.29, 0.717) is 11.4 Å². The van der Waals surface area contributed by atoms with Crippen molar-refractivity contribution < 1.29 is 23.2 Å². The van der Waals surface area contributed by atoms with Crippen molar-refractivity contribution >= 4 is 5.97 Å². The summed E-state index contributed by atoms with van der Waals surface area (Å²) in [7, 11) is 1.50. The topological polar surface area (TPSA) is 74.5 Å². The minimum atomic E-state index is -0.886. The number of hydrogen-bond donors (Lipinski definition) is 0. The number of esters is 1. The third kappa shape index (κ3) is 3.63. The molecule has 1 heterocycles. The van der Waals surface area contributed by atoms with Gasteiger partial charge in [-0.15, -0.1) is 0 Å². The molecule has 0 spiro atoms. The Balaban J connectivity index is 2.34. The lowest BCUT2D eigenvalue weighted by Gasteiger charge is -2.11. The van der Waals surface area contributed by atoms with E-state index in [0.717, 1.165) is 0 Å². The molecule has 0 amide bonds. The number of ether oxygens (including phenoxy) is 2. The van der Waals surface area contributed by atoms with Crippen molar-refractivity contribution in [1.82, 2.24) is 10.1 Å². The third-order valence-electron chi connectivity index (χ3n) is 2.73. The first-order valence-corrected chi connectivity index (χ1v) is 6.39. The SMILES string of the molecule is CCOC(=O)C(c1ccc(F)cc1)c1nc(COC)no1. The Morgan fingerprint density at radius 3 is 2.71 bits per heavy atom. The molecule has 1 atom stereocenters.